The van der Waals surface area contributed by atoms with Crippen LogP contribution in [0, 0.1) is 0 Å². The number of aromatic nitrogens is 1. The molecule has 6 heteroatoms. The van der Waals surface area contributed by atoms with Gasteiger partial charge in [-0.05, 0) is 30.3 Å². The molecule has 0 amide bonds. The Bertz CT molecular complexity index is 1050. The normalized spacial score (nSPS) is 15.0. The lowest BCUT2D eigenvalue weighted by Crippen LogP contribution is -2.14. The van der Waals surface area contributed by atoms with E-state index in [1.165, 1.54) is 11.5 Å². The van der Waals surface area contributed by atoms with Crippen LogP contribution in [-0.2, 0) is 9.84 Å². The number of anilines is 2. The Balaban J connectivity index is 2.11. The Morgan fingerprint density at radius 3 is 2.59 bits per heavy atom. The summed E-state index contributed by atoms with van der Waals surface area (Å²) in [7, 11) is -3.63. The van der Waals surface area contributed by atoms with Crippen LogP contribution in [0.25, 0.3) is 10.9 Å². The molecule has 2 aromatic carbocycles. The van der Waals surface area contributed by atoms with Crippen LogP contribution in [0.2, 0.25) is 0 Å². The van der Waals surface area contributed by atoms with Crippen molar-refractivity contribution in [3.63, 3.8) is 0 Å². The molecule has 0 saturated carbocycles. The summed E-state index contributed by atoms with van der Waals surface area (Å²) in [6.07, 6.45) is 1.60. The predicted octanol–water partition coefficient (Wildman–Crippen LogP) is 3.19. The van der Waals surface area contributed by atoms with Crippen LogP contribution in [0.4, 0.5) is 11.4 Å². The van der Waals surface area contributed by atoms with E-state index < -0.39 is 9.84 Å². The standard InChI is InChI=1S/C16H12N2O3S/c1-10(19)18-9-8-11-14(18)7-6-13-16(11)22(20,21)15-5-3-2-4-12(15)17-13/h2-9,17H,1H3. The smallest absolute Gasteiger partial charge is 0.227 e. The molecule has 1 aromatic heterocycles. The zero-order chi connectivity index (χ0) is 15.5. The highest BCUT2D eigenvalue weighted by Gasteiger charge is 2.31. The molecule has 5 nitrogen and oxygen atoms in total. The van der Waals surface area contributed by atoms with Gasteiger partial charge in [0.2, 0.25) is 15.7 Å². The Labute approximate surface area is 127 Å². The van der Waals surface area contributed by atoms with Crippen LogP contribution < -0.4 is 5.32 Å². The number of benzene rings is 2. The van der Waals surface area contributed by atoms with E-state index in [1.54, 1.807) is 48.7 Å². The zero-order valence-electron chi connectivity index (χ0n) is 11.7. The van der Waals surface area contributed by atoms with Crippen molar-refractivity contribution in [2.75, 3.05) is 5.32 Å². The maximum absolute atomic E-state index is 13.0. The molecule has 1 aliphatic rings. The Kier molecular flexibility index (Phi) is 2.50. The molecule has 3 aromatic rings. The molecule has 22 heavy (non-hydrogen) atoms. The van der Waals surface area contributed by atoms with Crippen LogP contribution in [0.3, 0.4) is 0 Å². The van der Waals surface area contributed by atoms with E-state index in [-0.39, 0.29) is 15.7 Å². The Hall–Kier alpha value is -2.60. The van der Waals surface area contributed by atoms with Crippen LogP contribution in [0.15, 0.2) is 58.5 Å². The lowest BCUT2D eigenvalue weighted by Gasteiger charge is -2.22. The first-order chi connectivity index (χ1) is 10.5. The maximum Gasteiger partial charge on any atom is 0.227 e. The van der Waals surface area contributed by atoms with Gasteiger partial charge < -0.3 is 5.32 Å². The monoisotopic (exact) mass is 312 g/mol. The third-order valence-corrected chi connectivity index (χ3v) is 5.79. The number of hydrogen-bond acceptors (Lipinski definition) is 4. The molecule has 0 unspecified atom stereocenters. The van der Waals surface area contributed by atoms with E-state index in [0.29, 0.717) is 22.3 Å². The first-order valence-corrected chi connectivity index (χ1v) is 8.24. The van der Waals surface area contributed by atoms with Crippen LogP contribution in [-0.4, -0.2) is 18.9 Å². The number of nitrogens with zero attached hydrogens (tertiary/aromatic N) is 1. The molecule has 4 rings (SSSR count). The van der Waals surface area contributed by atoms with Gasteiger partial charge >= 0.3 is 0 Å². The van der Waals surface area contributed by atoms with Crippen molar-refractivity contribution in [2.24, 2.45) is 0 Å². The van der Waals surface area contributed by atoms with E-state index in [2.05, 4.69) is 5.32 Å². The lowest BCUT2D eigenvalue weighted by molar-refractivity contribution is 0.0941. The van der Waals surface area contributed by atoms with Crippen LogP contribution in [0.1, 0.15) is 11.7 Å². The molecule has 1 aliphatic heterocycles. The van der Waals surface area contributed by atoms with Crippen molar-refractivity contribution >= 4 is 38.0 Å². The fraction of sp³-hybridized carbons (Fsp3) is 0.0625. The van der Waals surface area contributed by atoms with E-state index in [0.717, 1.165) is 0 Å². The number of nitrogens with one attached hydrogen (secondary N) is 1. The molecular formula is C16H12N2O3S. The summed E-state index contributed by atoms with van der Waals surface area (Å²) < 4.78 is 27.4. The molecule has 1 N–H and O–H groups in total. The maximum atomic E-state index is 13.0. The third kappa shape index (κ3) is 1.58. The van der Waals surface area contributed by atoms with Gasteiger partial charge in [0.05, 0.1) is 21.8 Å². The summed E-state index contributed by atoms with van der Waals surface area (Å²) in [5, 5.41) is 3.70. The van der Waals surface area contributed by atoms with Gasteiger partial charge in [-0.1, -0.05) is 12.1 Å². The predicted molar refractivity (Wildman–Crippen MR) is 83.4 cm³/mol. The van der Waals surface area contributed by atoms with Crippen molar-refractivity contribution in [3.8, 4) is 0 Å². The summed E-state index contributed by atoms with van der Waals surface area (Å²) >= 11 is 0. The first-order valence-electron chi connectivity index (χ1n) is 6.76. The fourth-order valence-electron chi connectivity index (χ4n) is 2.91. The lowest BCUT2D eigenvalue weighted by atomic mass is 10.2. The minimum atomic E-state index is -3.63. The largest absolute Gasteiger partial charge is 0.353 e. The van der Waals surface area contributed by atoms with E-state index in [4.69, 9.17) is 0 Å². The molecule has 0 spiro atoms. The molecule has 0 bridgehead atoms. The second kappa shape index (κ2) is 4.20. The van der Waals surface area contributed by atoms with Crippen molar-refractivity contribution in [2.45, 2.75) is 16.7 Å². The van der Waals surface area contributed by atoms with Crippen molar-refractivity contribution in [1.29, 1.82) is 0 Å². The minimum Gasteiger partial charge on any atom is -0.353 e. The molecule has 0 fully saturated rings. The Morgan fingerprint density at radius 2 is 1.82 bits per heavy atom. The number of carbonyl (C=O) groups is 1. The molecule has 0 aliphatic carbocycles. The SMILES string of the molecule is CC(=O)n1ccc2c3c(ccc21)Nc1ccccc1S3(=O)=O. The average Bonchev–Trinajstić information content (AvgIpc) is 2.90. The van der Waals surface area contributed by atoms with Gasteiger partial charge in [0, 0.05) is 18.5 Å². The van der Waals surface area contributed by atoms with Crippen molar-refractivity contribution in [1.82, 2.24) is 4.57 Å². The van der Waals surface area contributed by atoms with Gasteiger partial charge in [0.1, 0.15) is 4.90 Å². The second-order valence-corrected chi connectivity index (χ2v) is 7.06. The molecule has 0 atom stereocenters. The van der Waals surface area contributed by atoms with Gasteiger partial charge in [0.15, 0.2) is 0 Å². The van der Waals surface area contributed by atoms with Crippen molar-refractivity contribution < 1.29 is 13.2 Å². The molecule has 110 valence electrons. The number of carbonyl (C=O) groups excluding carboxylic acids is 1. The molecular weight excluding hydrogens is 300 g/mol. The Morgan fingerprint density at radius 1 is 1.05 bits per heavy atom. The quantitative estimate of drug-likeness (QED) is 0.541. The molecule has 0 saturated heterocycles. The third-order valence-electron chi connectivity index (χ3n) is 3.88. The number of para-hydroxylation sites is 1. The first kappa shape index (κ1) is 13.1. The van der Waals surface area contributed by atoms with E-state index in [1.807, 2.05) is 0 Å². The summed E-state index contributed by atoms with van der Waals surface area (Å²) in [6.45, 7) is 1.45. The zero-order valence-corrected chi connectivity index (χ0v) is 12.5. The highest BCUT2D eigenvalue weighted by molar-refractivity contribution is 7.92. The molecule has 2 heterocycles. The number of rotatable bonds is 0. The van der Waals surface area contributed by atoms with Crippen LogP contribution >= 0.6 is 0 Å². The topological polar surface area (TPSA) is 68.2 Å². The highest BCUT2D eigenvalue weighted by Crippen LogP contribution is 2.42. The summed E-state index contributed by atoms with van der Waals surface area (Å²) in [4.78, 5) is 12.1. The summed E-state index contributed by atoms with van der Waals surface area (Å²) in [5.41, 5.74) is 1.70. The average molecular weight is 312 g/mol. The van der Waals surface area contributed by atoms with Gasteiger partial charge in [-0.15, -0.1) is 0 Å². The van der Waals surface area contributed by atoms with Gasteiger partial charge in [-0.3, -0.25) is 9.36 Å². The van der Waals surface area contributed by atoms with Crippen molar-refractivity contribution in [3.05, 3.63) is 48.7 Å². The van der Waals surface area contributed by atoms with Crippen LogP contribution in [0.5, 0.6) is 0 Å². The van der Waals surface area contributed by atoms with E-state index in [9.17, 15) is 13.2 Å². The minimum absolute atomic E-state index is 0.156. The second-order valence-electron chi connectivity index (χ2n) is 5.20. The van der Waals surface area contributed by atoms with Gasteiger partial charge in [-0.2, -0.15) is 0 Å². The summed E-state index contributed by atoms with van der Waals surface area (Å²) in [6, 6.07) is 11.9. The van der Waals surface area contributed by atoms with E-state index >= 15 is 0 Å². The number of fused-ring (bicyclic) bond motifs is 4. The number of hydrogen-bond donors (Lipinski definition) is 1. The molecule has 0 radical (unpaired) electrons. The van der Waals surface area contributed by atoms with Gasteiger partial charge in [0.25, 0.3) is 0 Å². The fourth-order valence-corrected chi connectivity index (χ4v) is 4.67. The number of sulfone groups is 1. The van der Waals surface area contributed by atoms with Gasteiger partial charge in [-0.25, -0.2) is 8.42 Å². The summed E-state index contributed by atoms with van der Waals surface area (Å²) in [5.74, 6) is -0.156. The highest BCUT2D eigenvalue weighted by atomic mass is 32.2.